The standard InChI is InChI=1S/C9H10IN3S/c10-9-5-13-6-12-3-7-1-2-11-4-8(7)14-9/h4-6,9H,1-3H2/t9-/m1/s1. The van der Waals surface area contributed by atoms with E-state index in [1.165, 1.54) is 10.5 Å². The van der Waals surface area contributed by atoms with Gasteiger partial charge in [0, 0.05) is 23.9 Å². The molecular weight excluding hydrogens is 309 g/mol. The molecule has 2 heterocycles. The molecule has 0 unspecified atom stereocenters. The monoisotopic (exact) mass is 319 g/mol. The summed E-state index contributed by atoms with van der Waals surface area (Å²) in [6, 6.07) is 0. The predicted octanol–water partition coefficient (Wildman–Crippen LogP) is 2.32. The molecule has 0 aliphatic carbocycles. The largest absolute Gasteiger partial charge is 0.292 e. The van der Waals surface area contributed by atoms with Crippen molar-refractivity contribution in [3.05, 3.63) is 10.5 Å². The minimum atomic E-state index is 0.367. The summed E-state index contributed by atoms with van der Waals surface area (Å²) in [5.74, 6) is 0. The van der Waals surface area contributed by atoms with Crippen molar-refractivity contribution in [3.63, 3.8) is 0 Å². The second kappa shape index (κ2) is 5.06. The highest BCUT2D eigenvalue weighted by Crippen LogP contribution is 2.30. The molecule has 0 amide bonds. The van der Waals surface area contributed by atoms with Gasteiger partial charge in [0.05, 0.1) is 9.80 Å². The van der Waals surface area contributed by atoms with Gasteiger partial charge in [-0.15, -0.1) is 11.8 Å². The van der Waals surface area contributed by atoms with Gasteiger partial charge in [-0.25, -0.2) is 4.99 Å². The van der Waals surface area contributed by atoms with Gasteiger partial charge in [-0.2, -0.15) is 0 Å². The SMILES string of the molecule is I[C@H]1C=NC=NCC2=C(C=NCC2)S1. The van der Waals surface area contributed by atoms with E-state index in [2.05, 4.69) is 37.6 Å². The molecule has 3 nitrogen and oxygen atoms in total. The van der Waals surface area contributed by atoms with E-state index >= 15 is 0 Å². The third-order valence-electron chi connectivity index (χ3n) is 1.97. The molecular formula is C9H10IN3S. The summed E-state index contributed by atoms with van der Waals surface area (Å²) in [4.78, 5) is 13.9. The van der Waals surface area contributed by atoms with Crippen LogP contribution in [0.2, 0.25) is 0 Å². The van der Waals surface area contributed by atoms with Crippen molar-refractivity contribution >= 4 is 53.1 Å². The highest BCUT2D eigenvalue weighted by atomic mass is 127. The molecule has 0 N–H and O–H groups in total. The maximum atomic E-state index is 4.30. The summed E-state index contributed by atoms with van der Waals surface area (Å²) in [6.45, 7) is 1.68. The van der Waals surface area contributed by atoms with Crippen LogP contribution in [-0.2, 0) is 0 Å². The van der Waals surface area contributed by atoms with Crippen molar-refractivity contribution in [1.29, 1.82) is 0 Å². The molecule has 14 heavy (non-hydrogen) atoms. The first-order chi connectivity index (χ1) is 6.86. The van der Waals surface area contributed by atoms with Crippen LogP contribution in [-0.4, -0.2) is 35.1 Å². The number of thioether (sulfide) groups is 1. The molecule has 0 aromatic carbocycles. The highest BCUT2D eigenvalue weighted by Gasteiger charge is 2.13. The van der Waals surface area contributed by atoms with Crippen molar-refractivity contribution < 1.29 is 0 Å². The smallest absolute Gasteiger partial charge is 0.109 e. The molecule has 2 aliphatic heterocycles. The van der Waals surface area contributed by atoms with Gasteiger partial charge in [-0.05, 0) is 12.0 Å². The number of halogens is 1. The van der Waals surface area contributed by atoms with Gasteiger partial charge in [-0.1, -0.05) is 22.6 Å². The van der Waals surface area contributed by atoms with Crippen LogP contribution in [0.1, 0.15) is 6.42 Å². The van der Waals surface area contributed by atoms with E-state index in [0.717, 1.165) is 19.5 Å². The summed E-state index contributed by atoms with van der Waals surface area (Å²) in [7, 11) is 0. The molecule has 1 atom stereocenters. The Morgan fingerprint density at radius 2 is 2.36 bits per heavy atom. The molecule has 0 spiro atoms. The van der Waals surface area contributed by atoms with E-state index in [4.69, 9.17) is 0 Å². The molecule has 2 rings (SSSR count). The summed E-state index contributed by atoms with van der Waals surface area (Å²) >= 11 is 4.17. The fraction of sp³-hybridized carbons (Fsp3) is 0.444. The molecule has 0 aromatic rings. The van der Waals surface area contributed by atoms with Gasteiger partial charge in [-0.3, -0.25) is 9.98 Å². The minimum Gasteiger partial charge on any atom is -0.292 e. The molecule has 0 radical (unpaired) electrons. The van der Waals surface area contributed by atoms with Crippen LogP contribution in [0.5, 0.6) is 0 Å². The van der Waals surface area contributed by atoms with Crippen molar-refractivity contribution in [2.24, 2.45) is 15.0 Å². The third kappa shape index (κ3) is 2.66. The van der Waals surface area contributed by atoms with Gasteiger partial charge in [0.15, 0.2) is 0 Å². The summed E-state index contributed by atoms with van der Waals surface area (Å²) < 4.78 is 0.367. The molecule has 0 bridgehead atoms. The van der Waals surface area contributed by atoms with E-state index < -0.39 is 0 Å². The zero-order chi connectivity index (χ0) is 9.80. The van der Waals surface area contributed by atoms with Crippen LogP contribution in [0.4, 0.5) is 0 Å². The Bertz CT molecular complexity index is 333. The van der Waals surface area contributed by atoms with E-state index in [-0.39, 0.29) is 0 Å². The fourth-order valence-corrected chi connectivity index (χ4v) is 3.14. The van der Waals surface area contributed by atoms with E-state index in [1.54, 1.807) is 18.1 Å². The lowest BCUT2D eigenvalue weighted by molar-refractivity contribution is 0.903. The summed E-state index contributed by atoms with van der Waals surface area (Å²) in [6.07, 6.45) is 6.57. The Kier molecular flexibility index (Phi) is 3.74. The van der Waals surface area contributed by atoms with Gasteiger partial charge in [0.2, 0.25) is 0 Å². The second-order valence-electron chi connectivity index (χ2n) is 2.98. The number of dihydropyridines is 1. The van der Waals surface area contributed by atoms with Crippen LogP contribution in [0.3, 0.4) is 0 Å². The van der Waals surface area contributed by atoms with Crippen molar-refractivity contribution in [2.75, 3.05) is 13.1 Å². The van der Waals surface area contributed by atoms with E-state index in [0.29, 0.717) is 3.26 Å². The summed E-state index contributed by atoms with van der Waals surface area (Å²) in [5.41, 5.74) is 1.40. The highest BCUT2D eigenvalue weighted by molar-refractivity contribution is 14.1. The number of aliphatic imine (C=N–C) groups is 3. The topological polar surface area (TPSA) is 37.1 Å². The van der Waals surface area contributed by atoms with Crippen molar-refractivity contribution in [3.8, 4) is 0 Å². The number of allylic oxidation sites excluding steroid dienone is 1. The van der Waals surface area contributed by atoms with E-state index in [9.17, 15) is 0 Å². The van der Waals surface area contributed by atoms with Gasteiger partial charge < -0.3 is 0 Å². The van der Waals surface area contributed by atoms with E-state index in [1.807, 2.05) is 12.4 Å². The van der Waals surface area contributed by atoms with Crippen LogP contribution in [0.15, 0.2) is 25.5 Å². The lowest BCUT2D eigenvalue weighted by Crippen LogP contribution is -2.05. The Morgan fingerprint density at radius 1 is 1.43 bits per heavy atom. The molecule has 0 saturated carbocycles. The fourth-order valence-electron chi connectivity index (χ4n) is 1.29. The Morgan fingerprint density at radius 3 is 3.29 bits per heavy atom. The molecule has 0 fully saturated rings. The zero-order valence-electron chi connectivity index (χ0n) is 7.56. The first-order valence-corrected chi connectivity index (χ1v) is 6.53. The number of rotatable bonds is 0. The minimum absolute atomic E-state index is 0.367. The average molecular weight is 319 g/mol. The molecule has 0 saturated heterocycles. The second-order valence-corrected chi connectivity index (χ2v) is 6.35. The average Bonchev–Trinajstić information content (AvgIpc) is 2.27. The first kappa shape index (κ1) is 10.4. The van der Waals surface area contributed by atoms with Crippen LogP contribution >= 0.6 is 34.4 Å². The Labute approximate surface area is 101 Å². The normalized spacial score (nSPS) is 26.8. The van der Waals surface area contributed by atoms with Crippen LogP contribution in [0.25, 0.3) is 0 Å². The molecule has 74 valence electrons. The number of alkyl halides is 1. The van der Waals surface area contributed by atoms with Crippen LogP contribution < -0.4 is 0 Å². The molecule has 5 heteroatoms. The number of hydrogen-bond donors (Lipinski definition) is 0. The van der Waals surface area contributed by atoms with Crippen molar-refractivity contribution in [1.82, 2.24) is 0 Å². The Hall–Kier alpha value is -0.170. The predicted molar refractivity (Wildman–Crippen MR) is 72.3 cm³/mol. The maximum absolute atomic E-state index is 4.30. The third-order valence-corrected chi connectivity index (χ3v) is 4.05. The quantitative estimate of drug-likeness (QED) is 0.499. The lowest BCUT2D eigenvalue weighted by atomic mass is 10.1. The molecule has 0 aromatic heterocycles. The first-order valence-electron chi connectivity index (χ1n) is 4.40. The Balaban J connectivity index is 2.24. The number of nitrogens with zero attached hydrogens (tertiary/aromatic N) is 3. The lowest BCUT2D eigenvalue weighted by Gasteiger charge is -2.13. The molecule has 2 aliphatic rings. The van der Waals surface area contributed by atoms with Crippen LogP contribution in [0, 0.1) is 0 Å². The zero-order valence-corrected chi connectivity index (χ0v) is 10.5. The van der Waals surface area contributed by atoms with Gasteiger partial charge in [0.25, 0.3) is 0 Å². The van der Waals surface area contributed by atoms with Gasteiger partial charge in [0.1, 0.15) is 6.34 Å². The number of hydrogen-bond acceptors (Lipinski definition) is 4. The summed E-state index contributed by atoms with van der Waals surface area (Å²) in [5, 5.41) is 0. The van der Waals surface area contributed by atoms with Gasteiger partial charge >= 0.3 is 0 Å². The van der Waals surface area contributed by atoms with Crippen molar-refractivity contribution in [2.45, 2.75) is 9.68 Å². The maximum Gasteiger partial charge on any atom is 0.109 e.